The van der Waals surface area contributed by atoms with Gasteiger partial charge in [0.25, 0.3) is 0 Å². The van der Waals surface area contributed by atoms with E-state index in [1.54, 1.807) is 0 Å². The fraction of sp³-hybridized carbons (Fsp3) is 0. The molecule has 0 saturated carbocycles. The Morgan fingerprint density at radius 1 is 1.22 bits per heavy atom. The largest absolute Gasteiger partial charge is 0.369 e. The van der Waals surface area contributed by atoms with E-state index in [1.165, 1.54) is 0 Å². The van der Waals surface area contributed by atoms with Crippen molar-refractivity contribution in [3.8, 4) is 0 Å². The molecule has 0 aliphatic rings. The van der Waals surface area contributed by atoms with Crippen molar-refractivity contribution >= 4 is 26.7 Å². The average Bonchev–Trinajstić information content (AvgIpc) is 1.90. The van der Waals surface area contributed by atoms with E-state index in [9.17, 15) is 0 Å². The zero-order valence-electron chi connectivity index (χ0n) is 4.76. The molecule has 0 aromatic heterocycles. The van der Waals surface area contributed by atoms with Crippen molar-refractivity contribution in [2.45, 2.75) is 0 Å². The molecule has 0 saturated heterocycles. The number of hydrogen-bond acceptors (Lipinski definition) is 1. The molecule has 0 amide bonds. The minimum absolute atomic E-state index is 0.763. The first-order chi connectivity index (χ1) is 4.33. The first-order valence-electron chi connectivity index (χ1n) is 2.55. The highest BCUT2D eigenvalue weighted by molar-refractivity contribution is 7.18. The summed E-state index contributed by atoms with van der Waals surface area (Å²) in [5.41, 5.74) is 1.05. The van der Waals surface area contributed by atoms with Gasteiger partial charge in [-0.3, -0.25) is 0 Å². The lowest BCUT2D eigenvalue weighted by Crippen LogP contribution is -1.75. The normalized spacial score (nSPS) is 9.11. The van der Waals surface area contributed by atoms with E-state index in [0.717, 1.165) is 10.7 Å². The van der Waals surface area contributed by atoms with Gasteiger partial charge in [0.15, 0.2) is 0 Å². The van der Waals surface area contributed by atoms with E-state index in [0.29, 0.717) is 0 Å². The molecular formula is C6H7ClNP. The highest BCUT2D eigenvalue weighted by Gasteiger charge is 1.85. The molecule has 1 atom stereocenters. The smallest absolute Gasteiger partial charge is 0.0407 e. The van der Waals surface area contributed by atoms with Crippen LogP contribution in [0.3, 0.4) is 0 Å². The minimum Gasteiger partial charge on any atom is -0.369 e. The third kappa shape index (κ3) is 1.85. The second-order valence-electron chi connectivity index (χ2n) is 1.65. The van der Waals surface area contributed by atoms with Gasteiger partial charge in [-0.2, -0.15) is 0 Å². The molecular weight excluding hydrogens is 152 g/mol. The zero-order valence-corrected chi connectivity index (χ0v) is 6.68. The number of nitrogens with one attached hydrogen (secondary N) is 1. The van der Waals surface area contributed by atoms with E-state index >= 15 is 0 Å². The molecule has 3 heteroatoms. The van der Waals surface area contributed by atoms with Crippen molar-refractivity contribution in [2.75, 3.05) is 5.09 Å². The summed E-state index contributed by atoms with van der Waals surface area (Å²) < 4.78 is 0. The van der Waals surface area contributed by atoms with Gasteiger partial charge in [0.2, 0.25) is 0 Å². The molecule has 1 rings (SSSR count). The Hall–Kier alpha value is -0.260. The lowest BCUT2D eigenvalue weighted by atomic mass is 10.3. The Labute approximate surface area is 61.7 Å². The molecule has 0 aliphatic carbocycles. The van der Waals surface area contributed by atoms with Gasteiger partial charge in [0.1, 0.15) is 0 Å². The van der Waals surface area contributed by atoms with Crippen LogP contribution in [0, 0.1) is 0 Å². The lowest BCUT2D eigenvalue weighted by Gasteiger charge is -1.96. The van der Waals surface area contributed by atoms with E-state index in [2.05, 4.69) is 14.5 Å². The standard InChI is InChI=1S/C6H7ClNP/c7-5-1-3-6(8-9)4-2-5/h1-4,8H,9H2. The van der Waals surface area contributed by atoms with Gasteiger partial charge in [-0.05, 0) is 33.7 Å². The fourth-order valence-corrected chi connectivity index (χ4v) is 0.865. The van der Waals surface area contributed by atoms with Crippen molar-refractivity contribution < 1.29 is 0 Å². The summed E-state index contributed by atoms with van der Waals surface area (Å²) in [6.07, 6.45) is 0. The van der Waals surface area contributed by atoms with E-state index < -0.39 is 0 Å². The van der Waals surface area contributed by atoms with Crippen LogP contribution in [0.1, 0.15) is 0 Å². The molecule has 9 heavy (non-hydrogen) atoms. The predicted molar refractivity (Wildman–Crippen MR) is 44.8 cm³/mol. The summed E-state index contributed by atoms with van der Waals surface area (Å²) in [4.78, 5) is 0. The molecule has 0 heterocycles. The summed E-state index contributed by atoms with van der Waals surface area (Å²) in [5, 5.41) is 3.68. The molecule has 1 aromatic carbocycles. The summed E-state index contributed by atoms with van der Waals surface area (Å²) in [6.45, 7) is 0. The molecule has 0 bridgehead atoms. The van der Waals surface area contributed by atoms with Crippen LogP contribution in [-0.4, -0.2) is 0 Å². The third-order valence-corrected chi connectivity index (χ3v) is 1.60. The van der Waals surface area contributed by atoms with Crippen LogP contribution in [0.4, 0.5) is 5.69 Å². The van der Waals surface area contributed by atoms with Crippen molar-refractivity contribution in [2.24, 2.45) is 0 Å². The summed E-state index contributed by atoms with van der Waals surface area (Å²) >= 11 is 5.63. The van der Waals surface area contributed by atoms with Crippen LogP contribution in [0.2, 0.25) is 5.02 Å². The van der Waals surface area contributed by atoms with Gasteiger partial charge >= 0.3 is 0 Å². The molecule has 1 nitrogen and oxygen atoms in total. The summed E-state index contributed by atoms with van der Waals surface area (Å²) in [7, 11) is 2.42. The topological polar surface area (TPSA) is 12.0 Å². The van der Waals surface area contributed by atoms with E-state index in [1.807, 2.05) is 24.3 Å². The molecule has 0 spiro atoms. The number of rotatable bonds is 1. The SMILES string of the molecule is PNc1ccc(Cl)cc1. The zero-order chi connectivity index (χ0) is 6.69. The van der Waals surface area contributed by atoms with Crippen LogP contribution >= 0.6 is 21.0 Å². The van der Waals surface area contributed by atoms with Crippen LogP contribution in [0.25, 0.3) is 0 Å². The van der Waals surface area contributed by atoms with Crippen LogP contribution in [-0.2, 0) is 0 Å². The molecule has 0 radical (unpaired) electrons. The number of halogens is 1. The molecule has 0 fully saturated rings. The highest BCUT2D eigenvalue weighted by Crippen LogP contribution is 2.13. The van der Waals surface area contributed by atoms with Gasteiger partial charge in [-0.15, -0.1) is 0 Å². The number of anilines is 1. The summed E-state index contributed by atoms with van der Waals surface area (Å²) in [6, 6.07) is 7.51. The van der Waals surface area contributed by atoms with Crippen molar-refractivity contribution in [3.05, 3.63) is 29.3 Å². The van der Waals surface area contributed by atoms with Crippen LogP contribution in [0.15, 0.2) is 24.3 Å². The Balaban J connectivity index is 2.88. The number of benzene rings is 1. The highest BCUT2D eigenvalue weighted by atomic mass is 35.5. The fourth-order valence-electron chi connectivity index (χ4n) is 0.546. The first-order valence-corrected chi connectivity index (χ1v) is 3.50. The Kier molecular flexibility index (Phi) is 2.32. The maximum absolute atomic E-state index is 5.63. The molecule has 1 aromatic rings. The van der Waals surface area contributed by atoms with Gasteiger partial charge in [0, 0.05) is 10.7 Å². The van der Waals surface area contributed by atoms with Gasteiger partial charge in [-0.25, -0.2) is 0 Å². The van der Waals surface area contributed by atoms with Crippen molar-refractivity contribution in [3.63, 3.8) is 0 Å². The predicted octanol–water partition coefficient (Wildman–Crippen LogP) is 2.54. The van der Waals surface area contributed by atoms with Gasteiger partial charge in [0.05, 0.1) is 0 Å². The Bertz CT molecular complexity index is 185. The lowest BCUT2D eigenvalue weighted by molar-refractivity contribution is 1.68. The quantitative estimate of drug-likeness (QED) is 0.621. The molecule has 48 valence electrons. The van der Waals surface area contributed by atoms with E-state index in [4.69, 9.17) is 11.6 Å². The van der Waals surface area contributed by atoms with Crippen molar-refractivity contribution in [1.82, 2.24) is 0 Å². The molecule has 1 N–H and O–H groups in total. The summed E-state index contributed by atoms with van der Waals surface area (Å²) in [5.74, 6) is 0. The van der Waals surface area contributed by atoms with Crippen LogP contribution in [0.5, 0.6) is 0 Å². The molecule has 0 aliphatic heterocycles. The van der Waals surface area contributed by atoms with Gasteiger partial charge in [-0.1, -0.05) is 11.6 Å². The molecule has 1 unspecified atom stereocenters. The monoisotopic (exact) mass is 159 g/mol. The van der Waals surface area contributed by atoms with Gasteiger partial charge < -0.3 is 5.09 Å². The maximum atomic E-state index is 5.63. The van der Waals surface area contributed by atoms with Crippen molar-refractivity contribution in [1.29, 1.82) is 0 Å². The first kappa shape index (κ1) is 6.85. The Morgan fingerprint density at radius 3 is 2.22 bits per heavy atom. The van der Waals surface area contributed by atoms with Crippen LogP contribution < -0.4 is 5.09 Å². The second kappa shape index (κ2) is 3.05. The second-order valence-corrected chi connectivity index (χ2v) is 2.38. The van der Waals surface area contributed by atoms with E-state index in [-0.39, 0.29) is 0 Å². The maximum Gasteiger partial charge on any atom is 0.0407 e. The Morgan fingerprint density at radius 2 is 1.78 bits per heavy atom. The average molecular weight is 160 g/mol. The minimum atomic E-state index is 0.763. The number of hydrogen-bond donors (Lipinski definition) is 1. The third-order valence-electron chi connectivity index (χ3n) is 1.01.